The Bertz CT molecular complexity index is 1010. The molecule has 2 fully saturated rings. The molecular formula is C25H29F3N2O4. The van der Waals surface area contributed by atoms with Crippen LogP contribution >= 0.6 is 0 Å². The lowest BCUT2D eigenvalue weighted by Crippen LogP contribution is -2.45. The molecule has 0 bridgehead atoms. The molecule has 3 rings (SSSR count). The normalized spacial score (nSPS) is 22.0. The number of carbonyl (C=O) groups is 1. The van der Waals surface area contributed by atoms with Crippen LogP contribution in [-0.2, 0) is 15.1 Å². The summed E-state index contributed by atoms with van der Waals surface area (Å²) in [5.41, 5.74) is -4.21. The molecule has 0 radical (unpaired) electrons. The SMILES string of the molecule is CC#CC(O)(c1cccc(N2CCOC(CC#CC3(O)CCN(C(C)=O)CC3)C2)c1)C(F)(F)F. The predicted molar refractivity (Wildman–Crippen MR) is 121 cm³/mol. The van der Waals surface area contributed by atoms with Crippen molar-refractivity contribution in [2.45, 2.75) is 56.6 Å². The zero-order chi connectivity index (χ0) is 25.0. The summed E-state index contributed by atoms with van der Waals surface area (Å²) in [6.45, 7) is 4.90. The van der Waals surface area contributed by atoms with Crippen LogP contribution in [0.25, 0.3) is 0 Å². The number of alkyl halides is 3. The van der Waals surface area contributed by atoms with E-state index in [-0.39, 0.29) is 17.6 Å². The minimum atomic E-state index is -4.95. The standard InChI is InChI=1S/C25H29F3N2O4/c1-3-9-24(33,25(26,27)28)20-6-4-7-21(17-20)30-15-16-34-22(18-30)8-5-10-23(32)11-13-29(14-12-23)19(2)31/h4,6-7,17,22,32-33H,8,11-16,18H2,1-2H3. The predicted octanol–water partition coefficient (Wildman–Crippen LogP) is 2.43. The van der Waals surface area contributed by atoms with Crippen molar-refractivity contribution in [3.05, 3.63) is 29.8 Å². The molecule has 0 saturated carbocycles. The number of rotatable bonds is 3. The summed E-state index contributed by atoms with van der Waals surface area (Å²) < 4.78 is 46.4. The van der Waals surface area contributed by atoms with E-state index in [1.807, 2.05) is 10.8 Å². The third-order valence-electron chi connectivity index (χ3n) is 6.17. The molecule has 1 aromatic carbocycles. The first-order valence-corrected chi connectivity index (χ1v) is 11.2. The highest BCUT2D eigenvalue weighted by molar-refractivity contribution is 5.73. The average Bonchev–Trinajstić information content (AvgIpc) is 2.79. The van der Waals surface area contributed by atoms with Crippen molar-refractivity contribution in [2.75, 3.05) is 37.7 Å². The fourth-order valence-electron chi connectivity index (χ4n) is 4.14. The maximum atomic E-state index is 13.6. The summed E-state index contributed by atoms with van der Waals surface area (Å²) >= 11 is 0. The van der Waals surface area contributed by atoms with Crippen LogP contribution in [0.1, 0.15) is 38.7 Å². The van der Waals surface area contributed by atoms with Crippen molar-refractivity contribution < 1.29 is 32.9 Å². The van der Waals surface area contributed by atoms with Gasteiger partial charge in [-0.3, -0.25) is 4.79 Å². The molecule has 2 heterocycles. The summed E-state index contributed by atoms with van der Waals surface area (Å²) in [5, 5.41) is 21.0. The smallest absolute Gasteiger partial charge is 0.377 e. The molecule has 2 N–H and O–H groups in total. The van der Waals surface area contributed by atoms with Crippen molar-refractivity contribution in [3.63, 3.8) is 0 Å². The second kappa shape index (κ2) is 10.3. The molecule has 9 heteroatoms. The molecule has 2 atom stereocenters. The van der Waals surface area contributed by atoms with Gasteiger partial charge in [-0.05, 0) is 19.1 Å². The summed E-state index contributed by atoms with van der Waals surface area (Å²) in [6.07, 6.45) is -4.12. The Morgan fingerprint density at radius 2 is 1.97 bits per heavy atom. The Kier molecular flexibility index (Phi) is 7.82. The third kappa shape index (κ3) is 5.85. The van der Waals surface area contributed by atoms with Gasteiger partial charge in [-0.15, -0.1) is 5.92 Å². The third-order valence-corrected chi connectivity index (χ3v) is 6.17. The van der Waals surface area contributed by atoms with Gasteiger partial charge in [-0.25, -0.2) is 0 Å². The molecule has 2 aliphatic heterocycles. The quantitative estimate of drug-likeness (QED) is 0.653. The zero-order valence-corrected chi connectivity index (χ0v) is 19.3. The lowest BCUT2D eigenvalue weighted by atomic mass is 9.91. The van der Waals surface area contributed by atoms with Gasteiger partial charge in [0.1, 0.15) is 5.60 Å². The van der Waals surface area contributed by atoms with E-state index in [0.717, 1.165) is 0 Å². The number of hydrogen-bond donors (Lipinski definition) is 2. The van der Waals surface area contributed by atoms with Crippen molar-refractivity contribution in [1.29, 1.82) is 0 Å². The van der Waals surface area contributed by atoms with E-state index in [0.29, 0.717) is 57.7 Å². The van der Waals surface area contributed by atoms with Gasteiger partial charge < -0.3 is 24.7 Å². The van der Waals surface area contributed by atoms with Gasteiger partial charge in [0.2, 0.25) is 11.5 Å². The van der Waals surface area contributed by atoms with Gasteiger partial charge in [-0.2, -0.15) is 13.2 Å². The van der Waals surface area contributed by atoms with Gasteiger partial charge in [0.05, 0.1) is 12.7 Å². The van der Waals surface area contributed by atoms with Gasteiger partial charge >= 0.3 is 6.18 Å². The minimum Gasteiger partial charge on any atom is -0.377 e. The second-order valence-electron chi connectivity index (χ2n) is 8.62. The van der Waals surface area contributed by atoms with Crippen molar-refractivity contribution in [3.8, 4) is 23.7 Å². The molecule has 0 spiro atoms. The number of hydrogen-bond acceptors (Lipinski definition) is 5. The Balaban J connectivity index is 1.67. The number of carbonyl (C=O) groups excluding carboxylic acids is 1. The van der Waals surface area contributed by atoms with E-state index in [1.54, 1.807) is 11.0 Å². The molecule has 0 aliphatic carbocycles. The van der Waals surface area contributed by atoms with Crippen LogP contribution in [0, 0.1) is 23.7 Å². The molecular weight excluding hydrogens is 449 g/mol. The molecule has 34 heavy (non-hydrogen) atoms. The van der Waals surface area contributed by atoms with Crippen molar-refractivity contribution >= 4 is 11.6 Å². The molecule has 2 unspecified atom stereocenters. The van der Waals surface area contributed by atoms with Crippen LogP contribution in [0.2, 0.25) is 0 Å². The Hall–Kier alpha value is -2.72. The van der Waals surface area contributed by atoms with Gasteiger partial charge in [0, 0.05) is 63.6 Å². The highest BCUT2D eigenvalue weighted by Gasteiger charge is 2.54. The average molecular weight is 479 g/mol. The number of nitrogens with zero attached hydrogens (tertiary/aromatic N) is 2. The maximum absolute atomic E-state index is 13.6. The number of likely N-dealkylation sites (tertiary alicyclic amines) is 1. The molecule has 1 amide bonds. The Labute approximate surface area is 197 Å². The van der Waals surface area contributed by atoms with Crippen LogP contribution in [0.15, 0.2) is 24.3 Å². The number of ether oxygens (including phenoxy) is 1. The van der Waals surface area contributed by atoms with Crippen LogP contribution in [0.3, 0.4) is 0 Å². The number of piperidine rings is 1. The number of morpholine rings is 1. The first kappa shape index (κ1) is 25.9. The first-order chi connectivity index (χ1) is 16.0. The lowest BCUT2D eigenvalue weighted by Gasteiger charge is -2.35. The largest absolute Gasteiger partial charge is 0.433 e. The van der Waals surface area contributed by atoms with Crippen LogP contribution in [0.5, 0.6) is 0 Å². The summed E-state index contributed by atoms with van der Waals surface area (Å²) in [7, 11) is 0. The van der Waals surface area contributed by atoms with E-state index in [9.17, 15) is 28.2 Å². The van der Waals surface area contributed by atoms with Crippen LogP contribution in [0.4, 0.5) is 18.9 Å². The minimum absolute atomic E-state index is 0.0230. The molecule has 1 aromatic rings. The van der Waals surface area contributed by atoms with Crippen molar-refractivity contribution in [2.24, 2.45) is 0 Å². The maximum Gasteiger partial charge on any atom is 0.433 e. The second-order valence-corrected chi connectivity index (χ2v) is 8.62. The first-order valence-electron chi connectivity index (χ1n) is 11.2. The van der Waals surface area contributed by atoms with Gasteiger partial charge in [0.15, 0.2) is 0 Å². The van der Waals surface area contributed by atoms with Gasteiger partial charge in [0.25, 0.3) is 0 Å². The fourth-order valence-corrected chi connectivity index (χ4v) is 4.14. The summed E-state index contributed by atoms with van der Waals surface area (Å²) in [6, 6.07) is 5.66. The highest BCUT2D eigenvalue weighted by Crippen LogP contribution is 2.39. The van der Waals surface area contributed by atoms with E-state index in [4.69, 9.17) is 4.74 Å². The molecule has 6 nitrogen and oxygen atoms in total. The number of anilines is 1. The molecule has 2 saturated heterocycles. The zero-order valence-electron chi connectivity index (χ0n) is 19.3. The van der Waals surface area contributed by atoms with E-state index < -0.39 is 17.4 Å². The molecule has 184 valence electrons. The monoisotopic (exact) mass is 478 g/mol. The van der Waals surface area contributed by atoms with E-state index in [2.05, 4.69) is 17.8 Å². The summed E-state index contributed by atoms with van der Waals surface area (Å²) in [4.78, 5) is 15.0. The van der Waals surface area contributed by atoms with E-state index in [1.165, 1.54) is 32.0 Å². The fraction of sp³-hybridized carbons (Fsp3) is 0.560. The molecule has 2 aliphatic rings. The molecule has 0 aromatic heterocycles. The number of amides is 1. The van der Waals surface area contributed by atoms with Gasteiger partial charge in [-0.1, -0.05) is 29.9 Å². The number of halogens is 3. The van der Waals surface area contributed by atoms with Crippen molar-refractivity contribution in [1.82, 2.24) is 4.90 Å². The topological polar surface area (TPSA) is 73.2 Å². The Morgan fingerprint density at radius 1 is 1.26 bits per heavy atom. The lowest BCUT2D eigenvalue weighted by molar-refractivity contribution is -0.240. The number of aliphatic hydroxyl groups is 2. The van der Waals surface area contributed by atoms with Crippen LogP contribution < -0.4 is 4.90 Å². The Morgan fingerprint density at radius 3 is 2.59 bits per heavy atom. The number of benzene rings is 1. The van der Waals surface area contributed by atoms with E-state index >= 15 is 0 Å². The highest BCUT2D eigenvalue weighted by atomic mass is 19.4. The van der Waals surface area contributed by atoms with Crippen LogP contribution in [-0.4, -0.2) is 71.7 Å². The summed E-state index contributed by atoms with van der Waals surface area (Å²) in [5.74, 6) is 9.95.